The van der Waals surface area contributed by atoms with Gasteiger partial charge in [-0.05, 0) is 13.8 Å². The third kappa shape index (κ3) is 1.18. The smallest absolute Gasteiger partial charge is 0.266 e. The molecule has 1 rings (SSSR count). The zero-order valence-electron chi connectivity index (χ0n) is 7.29. The largest absolute Gasteiger partial charge is 0.270 e. The molecule has 0 aromatic heterocycles. The van der Waals surface area contributed by atoms with Crippen LogP contribution in [0.25, 0.3) is 0 Å². The van der Waals surface area contributed by atoms with E-state index in [9.17, 15) is 8.42 Å². The van der Waals surface area contributed by atoms with Crippen molar-refractivity contribution >= 4 is 10.1 Å². The summed E-state index contributed by atoms with van der Waals surface area (Å²) in [5.41, 5.74) is -0.265. The number of hydrogen-bond acceptors (Lipinski definition) is 3. The third-order valence-electron chi connectivity index (χ3n) is 2.81. The van der Waals surface area contributed by atoms with Crippen molar-refractivity contribution in [2.24, 2.45) is 5.41 Å². The lowest BCUT2D eigenvalue weighted by molar-refractivity contribution is 0.142. The Morgan fingerprint density at radius 3 is 1.82 bits per heavy atom. The van der Waals surface area contributed by atoms with E-state index in [2.05, 4.69) is 0 Å². The SMILES string of the molecule is CC1OS(=O)(=O)C(C)C1(C)C. The molecule has 0 aromatic rings. The average molecular weight is 178 g/mol. The highest BCUT2D eigenvalue weighted by Crippen LogP contribution is 2.40. The normalized spacial score (nSPS) is 40.7. The lowest BCUT2D eigenvalue weighted by Gasteiger charge is -2.23. The molecule has 1 saturated heterocycles. The van der Waals surface area contributed by atoms with Gasteiger partial charge in [-0.25, -0.2) is 0 Å². The van der Waals surface area contributed by atoms with Gasteiger partial charge in [0, 0.05) is 5.41 Å². The Kier molecular flexibility index (Phi) is 1.80. The first-order valence-electron chi connectivity index (χ1n) is 3.70. The number of hydrogen-bond donors (Lipinski definition) is 0. The zero-order valence-corrected chi connectivity index (χ0v) is 8.10. The van der Waals surface area contributed by atoms with Crippen LogP contribution in [0.5, 0.6) is 0 Å². The molecule has 3 nitrogen and oxygen atoms in total. The van der Waals surface area contributed by atoms with Crippen LogP contribution >= 0.6 is 0 Å². The van der Waals surface area contributed by atoms with Gasteiger partial charge in [-0.1, -0.05) is 13.8 Å². The Balaban J connectivity index is 3.09. The standard InChI is InChI=1S/C7H14O3S/c1-5-7(3,4)6(2)11(8,9)10-5/h5-6H,1-4H3. The van der Waals surface area contributed by atoms with Gasteiger partial charge in [-0.2, -0.15) is 8.42 Å². The summed E-state index contributed by atoms with van der Waals surface area (Å²) in [6, 6.07) is 0. The Morgan fingerprint density at radius 2 is 1.73 bits per heavy atom. The molecule has 4 heteroatoms. The van der Waals surface area contributed by atoms with E-state index in [4.69, 9.17) is 4.18 Å². The molecule has 0 saturated carbocycles. The summed E-state index contributed by atoms with van der Waals surface area (Å²) in [6.07, 6.45) is -0.206. The molecule has 1 aliphatic rings. The fourth-order valence-corrected chi connectivity index (χ4v) is 2.86. The van der Waals surface area contributed by atoms with E-state index in [1.165, 1.54) is 0 Å². The average Bonchev–Trinajstić information content (AvgIpc) is 1.94. The third-order valence-corrected chi connectivity index (χ3v) is 4.84. The minimum Gasteiger partial charge on any atom is -0.266 e. The van der Waals surface area contributed by atoms with Crippen LogP contribution in [0, 0.1) is 5.41 Å². The highest BCUT2D eigenvalue weighted by atomic mass is 32.2. The molecular formula is C7H14O3S. The molecule has 0 bridgehead atoms. The molecule has 0 radical (unpaired) electrons. The molecule has 0 amide bonds. The maximum Gasteiger partial charge on any atom is 0.270 e. The van der Waals surface area contributed by atoms with Gasteiger partial charge in [0.05, 0.1) is 11.4 Å². The summed E-state index contributed by atoms with van der Waals surface area (Å²) in [5.74, 6) is 0. The summed E-state index contributed by atoms with van der Waals surface area (Å²) in [7, 11) is -3.28. The summed E-state index contributed by atoms with van der Waals surface area (Å²) in [6.45, 7) is 7.31. The lowest BCUT2D eigenvalue weighted by atomic mass is 9.84. The van der Waals surface area contributed by atoms with Gasteiger partial charge in [0.25, 0.3) is 10.1 Å². The highest BCUT2D eigenvalue weighted by Gasteiger charge is 2.49. The second-order valence-electron chi connectivity index (χ2n) is 3.69. The predicted molar refractivity (Wildman–Crippen MR) is 42.7 cm³/mol. The van der Waals surface area contributed by atoms with Crippen LogP contribution in [0.1, 0.15) is 27.7 Å². The van der Waals surface area contributed by atoms with Crippen molar-refractivity contribution in [3.8, 4) is 0 Å². The summed E-state index contributed by atoms with van der Waals surface area (Å²) < 4.78 is 27.2. The second kappa shape index (κ2) is 2.20. The van der Waals surface area contributed by atoms with Crippen molar-refractivity contribution in [3.63, 3.8) is 0 Å². The molecule has 2 unspecified atom stereocenters. The highest BCUT2D eigenvalue weighted by molar-refractivity contribution is 7.87. The number of rotatable bonds is 0. The van der Waals surface area contributed by atoms with E-state index in [-0.39, 0.29) is 11.5 Å². The van der Waals surface area contributed by atoms with Gasteiger partial charge in [0.1, 0.15) is 0 Å². The van der Waals surface area contributed by atoms with E-state index in [1.807, 2.05) is 13.8 Å². The zero-order chi connectivity index (χ0) is 8.86. The first-order chi connectivity index (χ1) is 4.78. The van der Waals surface area contributed by atoms with Crippen molar-refractivity contribution < 1.29 is 12.6 Å². The van der Waals surface area contributed by atoms with Gasteiger partial charge in [-0.3, -0.25) is 4.18 Å². The van der Waals surface area contributed by atoms with Gasteiger partial charge < -0.3 is 0 Å². The van der Waals surface area contributed by atoms with Crippen LogP contribution < -0.4 is 0 Å². The Morgan fingerprint density at radius 1 is 1.27 bits per heavy atom. The van der Waals surface area contributed by atoms with Crippen molar-refractivity contribution in [2.75, 3.05) is 0 Å². The van der Waals surface area contributed by atoms with E-state index >= 15 is 0 Å². The van der Waals surface area contributed by atoms with Crippen LogP contribution in [-0.4, -0.2) is 19.8 Å². The van der Waals surface area contributed by atoms with Crippen LogP contribution in [0.15, 0.2) is 0 Å². The quantitative estimate of drug-likeness (QED) is 0.523. The van der Waals surface area contributed by atoms with Crippen molar-refractivity contribution in [2.45, 2.75) is 39.0 Å². The van der Waals surface area contributed by atoms with Gasteiger partial charge in [-0.15, -0.1) is 0 Å². The molecular weight excluding hydrogens is 164 g/mol. The maximum absolute atomic E-state index is 11.2. The summed E-state index contributed by atoms with van der Waals surface area (Å²) in [4.78, 5) is 0. The molecule has 1 heterocycles. The minimum absolute atomic E-state index is 0.206. The molecule has 66 valence electrons. The van der Waals surface area contributed by atoms with Crippen LogP contribution in [0.4, 0.5) is 0 Å². The first-order valence-corrected chi connectivity index (χ1v) is 5.17. The van der Waals surface area contributed by atoms with E-state index in [0.29, 0.717) is 0 Å². The summed E-state index contributed by atoms with van der Waals surface area (Å²) in [5, 5.41) is -0.398. The Hall–Kier alpha value is -0.0900. The Bertz CT molecular complexity index is 253. The van der Waals surface area contributed by atoms with Crippen LogP contribution in [0.3, 0.4) is 0 Å². The molecule has 0 N–H and O–H groups in total. The minimum atomic E-state index is -3.28. The molecule has 0 aliphatic carbocycles. The second-order valence-corrected chi connectivity index (χ2v) is 5.58. The van der Waals surface area contributed by atoms with Crippen molar-refractivity contribution in [3.05, 3.63) is 0 Å². The summed E-state index contributed by atoms with van der Waals surface area (Å²) >= 11 is 0. The molecule has 1 fully saturated rings. The van der Waals surface area contributed by atoms with Crippen LogP contribution in [-0.2, 0) is 14.3 Å². The Labute approximate surface area is 67.9 Å². The molecule has 0 aromatic carbocycles. The van der Waals surface area contributed by atoms with Crippen molar-refractivity contribution in [1.82, 2.24) is 0 Å². The fourth-order valence-electron chi connectivity index (χ4n) is 1.11. The van der Waals surface area contributed by atoms with Gasteiger partial charge in [0.2, 0.25) is 0 Å². The van der Waals surface area contributed by atoms with Crippen molar-refractivity contribution in [1.29, 1.82) is 0 Å². The van der Waals surface area contributed by atoms with Gasteiger partial charge >= 0.3 is 0 Å². The molecule has 1 aliphatic heterocycles. The van der Waals surface area contributed by atoms with Gasteiger partial charge in [0.15, 0.2) is 0 Å². The molecule has 0 spiro atoms. The maximum atomic E-state index is 11.2. The van der Waals surface area contributed by atoms with E-state index in [1.54, 1.807) is 13.8 Å². The van der Waals surface area contributed by atoms with E-state index < -0.39 is 15.4 Å². The monoisotopic (exact) mass is 178 g/mol. The lowest BCUT2D eigenvalue weighted by Crippen LogP contribution is -2.30. The molecule has 11 heavy (non-hydrogen) atoms. The van der Waals surface area contributed by atoms with E-state index in [0.717, 1.165) is 0 Å². The molecule has 2 atom stereocenters. The first kappa shape index (κ1) is 9.00. The topological polar surface area (TPSA) is 43.4 Å². The predicted octanol–water partition coefficient (Wildman–Crippen LogP) is 1.15. The fraction of sp³-hybridized carbons (Fsp3) is 1.00. The van der Waals surface area contributed by atoms with Crippen LogP contribution in [0.2, 0.25) is 0 Å².